The molecule has 0 bridgehead atoms. The van der Waals surface area contributed by atoms with Crippen LogP contribution in [0.1, 0.15) is 5.56 Å². The van der Waals surface area contributed by atoms with Gasteiger partial charge in [0.15, 0.2) is 0 Å². The van der Waals surface area contributed by atoms with E-state index in [-0.39, 0.29) is 18.0 Å². The maximum absolute atomic E-state index is 13.8. The van der Waals surface area contributed by atoms with Gasteiger partial charge in [0.1, 0.15) is 22.6 Å². The number of aromatic nitrogens is 1. The van der Waals surface area contributed by atoms with Gasteiger partial charge in [-0.05, 0) is 24.3 Å². The Kier molecular flexibility index (Phi) is 4.46. The van der Waals surface area contributed by atoms with Crippen molar-refractivity contribution in [2.45, 2.75) is 4.90 Å². The van der Waals surface area contributed by atoms with Crippen LogP contribution >= 0.6 is 0 Å². The van der Waals surface area contributed by atoms with Gasteiger partial charge in [-0.1, -0.05) is 12.1 Å². The number of hydrogen-bond acceptors (Lipinski definition) is 5. The average molecular weight is 346 g/mol. The average Bonchev–Trinajstić information content (AvgIpc) is 2.62. The number of hydrogen-bond donors (Lipinski definition) is 0. The standard InChI is InChI=1S/C16H15FN4O2S/c17-14-5-1-2-6-15(14)24(22,23)21-10-8-20(9-11-21)16-13(12-18)4-3-7-19-16/h1-7H,8-11H2. The minimum atomic E-state index is -3.87. The molecular weight excluding hydrogens is 331 g/mol. The number of rotatable bonds is 3. The number of halogens is 1. The number of pyridine rings is 1. The molecule has 2 heterocycles. The van der Waals surface area contributed by atoms with Gasteiger partial charge >= 0.3 is 0 Å². The third-order valence-electron chi connectivity index (χ3n) is 3.90. The molecule has 0 N–H and O–H groups in total. The van der Waals surface area contributed by atoms with Crippen LogP contribution in [0.5, 0.6) is 0 Å². The molecule has 124 valence electrons. The predicted octanol–water partition coefficient (Wildman–Crippen LogP) is 1.60. The zero-order chi connectivity index (χ0) is 17.2. The monoisotopic (exact) mass is 346 g/mol. The van der Waals surface area contributed by atoms with Crippen molar-refractivity contribution < 1.29 is 12.8 Å². The third kappa shape index (κ3) is 2.96. The highest BCUT2D eigenvalue weighted by Gasteiger charge is 2.31. The Hall–Kier alpha value is -2.50. The molecule has 3 rings (SSSR count). The molecule has 8 heteroatoms. The minimum Gasteiger partial charge on any atom is -0.353 e. The zero-order valence-corrected chi connectivity index (χ0v) is 13.6. The maximum Gasteiger partial charge on any atom is 0.246 e. The summed E-state index contributed by atoms with van der Waals surface area (Å²) in [6.45, 7) is 1.19. The molecule has 0 atom stereocenters. The van der Waals surface area contributed by atoms with Crippen molar-refractivity contribution in [3.63, 3.8) is 0 Å². The first kappa shape index (κ1) is 16.4. The Balaban J connectivity index is 1.78. The van der Waals surface area contributed by atoms with Gasteiger partial charge < -0.3 is 4.90 Å². The summed E-state index contributed by atoms with van der Waals surface area (Å²) < 4.78 is 40.2. The van der Waals surface area contributed by atoms with Crippen LogP contribution in [-0.4, -0.2) is 43.9 Å². The summed E-state index contributed by atoms with van der Waals surface area (Å²) in [5.74, 6) is -0.209. The molecule has 1 aromatic carbocycles. The first-order chi connectivity index (χ1) is 11.5. The lowest BCUT2D eigenvalue weighted by Gasteiger charge is -2.34. The Labute approximate surface area is 139 Å². The van der Waals surface area contributed by atoms with E-state index >= 15 is 0 Å². The fourth-order valence-electron chi connectivity index (χ4n) is 2.67. The van der Waals surface area contributed by atoms with E-state index in [0.29, 0.717) is 24.5 Å². The second kappa shape index (κ2) is 6.55. The van der Waals surface area contributed by atoms with Crippen LogP contribution in [0, 0.1) is 17.1 Å². The quantitative estimate of drug-likeness (QED) is 0.844. The SMILES string of the molecule is N#Cc1cccnc1N1CCN(S(=O)(=O)c2ccccc2F)CC1. The van der Waals surface area contributed by atoms with Crippen LogP contribution in [0.25, 0.3) is 0 Å². The molecule has 1 aliphatic rings. The van der Waals surface area contributed by atoms with Crippen molar-refractivity contribution in [1.82, 2.24) is 9.29 Å². The number of benzene rings is 1. The second-order valence-corrected chi connectivity index (χ2v) is 7.21. The van der Waals surface area contributed by atoms with Gasteiger partial charge in [0.25, 0.3) is 0 Å². The van der Waals surface area contributed by atoms with Crippen molar-refractivity contribution in [3.8, 4) is 6.07 Å². The third-order valence-corrected chi connectivity index (χ3v) is 5.83. The number of nitriles is 1. The zero-order valence-electron chi connectivity index (χ0n) is 12.8. The van der Waals surface area contributed by atoms with Gasteiger partial charge in [-0.3, -0.25) is 0 Å². The molecule has 1 aliphatic heterocycles. The molecule has 1 fully saturated rings. The molecule has 0 saturated carbocycles. The highest BCUT2D eigenvalue weighted by molar-refractivity contribution is 7.89. The van der Waals surface area contributed by atoms with E-state index in [2.05, 4.69) is 11.1 Å². The van der Waals surface area contributed by atoms with Crippen LogP contribution in [0.4, 0.5) is 10.2 Å². The molecule has 0 amide bonds. The van der Waals surface area contributed by atoms with Crippen LogP contribution in [0.3, 0.4) is 0 Å². The van der Waals surface area contributed by atoms with Gasteiger partial charge in [-0.25, -0.2) is 17.8 Å². The van der Waals surface area contributed by atoms with E-state index < -0.39 is 15.8 Å². The summed E-state index contributed by atoms with van der Waals surface area (Å²) in [5.41, 5.74) is 0.447. The van der Waals surface area contributed by atoms with E-state index in [1.165, 1.54) is 22.5 Å². The molecule has 6 nitrogen and oxygen atoms in total. The summed E-state index contributed by atoms with van der Waals surface area (Å²) in [5, 5.41) is 9.14. The lowest BCUT2D eigenvalue weighted by molar-refractivity contribution is 0.381. The molecule has 24 heavy (non-hydrogen) atoms. The van der Waals surface area contributed by atoms with Gasteiger partial charge in [0, 0.05) is 32.4 Å². The fourth-order valence-corrected chi connectivity index (χ4v) is 4.16. The maximum atomic E-state index is 13.8. The molecule has 0 spiro atoms. The summed E-state index contributed by atoms with van der Waals surface area (Å²) in [6.07, 6.45) is 1.60. The summed E-state index contributed by atoms with van der Waals surface area (Å²) >= 11 is 0. The number of anilines is 1. The smallest absolute Gasteiger partial charge is 0.246 e. The van der Waals surface area contributed by atoms with Crippen LogP contribution in [0.2, 0.25) is 0 Å². The van der Waals surface area contributed by atoms with E-state index in [1.54, 1.807) is 18.3 Å². The molecule has 0 radical (unpaired) electrons. The van der Waals surface area contributed by atoms with Crippen molar-refractivity contribution >= 4 is 15.8 Å². The lowest BCUT2D eigenvalue weighted by Crippen LogP contribution is -2.49. The Morgan fingerprint density at radius 3 is 2.46 bits per heavy atom. The van der Waals surface area contributed by atoms with Crippen molar-refractivity contribution in [2.75, 3.05) is 31.1 Å². The molecular formula is C16H15FN4O2S. The summed E-state index contributed by atoms with van der Waals surface area (Å²) in [4.78, 5) is 5.76. The van der Waals surface area contributed by atoms with Gasteiger partial charge in [0.2, 0.25) is 10.0 Å². The highest BCUT2D eigenvalue weighted by atomic mass is 32.2. The van der Waals surface area contributed by atoms with Crippen molar-refractivity contribution in [1.29, 1.82) is 5.26 Å². The van der Waals surface area contributed by atoms with E-state index in [1.807, 2.05) is 4.90 Å². The normalized spacial score (nSPS) is 15.9. The Bertz CT molecular complexity index is 887. The predicted molar refractivity (Wildman–Crippen MR) is 86.3 cm³/mol. The molecule has 2 aromatic rings. The van der Waals surface area contributed by atoms with Crippen LogP contribution in [0.15, 0.2) is 47.5 Å². The molecule has 0 unspecified atom stereocenters. The van der Waals surface area contributed by atoms with E-state index in [0.717, 1.165) is 6.07 Å². The number of piperazine rings is 1. The first-order valence-corrected chi connectivity index (χ1v) is 8.83. The first-order valence-electron chi connectivity index (χ1n) is 7.39. The second-order valence-electron chi connectivity index (χ2n) is 5.31. The molecule has 1 aromatic heterocycles. The molecule has 1 saturated heterocycles. The van der Waals surface area contributed by atoms with Gasteiger partial charge in [-0.15, -0.1) is 0 Å². The summed E-state index contributed by atoms with van der Waals surface area (Å²) in [6, 6.07) is 10.8. The summed E-state index contributed by atoms with van der Waals surface area (Å²) in [7, 11) is -3.87. The highest BCUT2D eigenvalue weighted by Crippen LogP contribution is 2.23. The Morgan fingerprint density at radius 1 is 1.08 bits per heavy atom. The van der Waals surface area contributed by atoms with E-state index in [9.17, 15) is 12.8 Å². The number of nitrogens with zero attached hydrogens (tertiary/aromatic N) is 4. The van der Waals surface area contributed by atoms with Crippen LogP contribution < -0.4 is 4.90 Å². The largest absolute Gasteiger partial charge is 0.353 e. The van der Waals surface area contributed by atoms with Crippen LogP contribution in [-0.2, 0) is 10.0 Å². The Morgan fingerprint density at radius 2 is 1.79 bits per heavy atom. The minimum absolute atomic E-state index is 0.206. The van der Waals surface area contributed by atoms with Gasteiger partial charge in [-0.2, -0.15) is 9.57 Å². The van der Waals surface area contributed by atoms with Crippen molar-refractivity contribution in [2.24, 2.45) is 0 Å². The number of sulfonamides is 1. The van der Waals surface area contributed by atoms with Crippen molar-refractivity contribution in [3.05, 3.63) is 54.0 Å². The topological polar surface area (TPSA) is 77.3 Å². The lowest BCUT2D eigenvalue weighted by atomic mass is 10.2. The van der Waals surface area contributed by atoms with E-state index in [4.69, 9.17) is 5.26 Å². The van der Waals surface area contributed by atoms with Gasteiger partial charge in [0.05, 0.1) is 5.56 Å². The fraction of sp³-hybridized carbons (Fsp3) is 0.250. The molecule has 0 aliphatic carbocycles.